The zero-order valence-electron chi connectivity index (χ0n) is 13.1. The van der Waals surface area contributed by atoms with E-state index in [0.717, 1.165) is 6.54 Å². The molecule has 2 rings (SSSR count). The van der Waals surface area contributed by atoms with Crippen LogP contribution in [-0.4, -0.2) is 41.4 Å². The number of hydrogen-bond acceptors (Lipinski definition) is 4. The largest absolute Gasteiger partial charge is 0.389 e. The first-order valence-electron chi connectivity index (χ1n) is 7.47. The summed E-state index contributed by atoms with van der Waals surface area (Å²) in [6.07, 6.45) is 2.01. The second kappa shape index (κ2) is 6.56. The first-order valence-corrected chi connectivity index (χ1v) is 8.29. The van der Waals surface area contributed by atoms with Gasteiger partial charge >= 0.3 is 0 Å². The van der Waals surface area contributed by atoms with Crippen LogP contribution >= 0.6 is 11.3 Å². The van der Waals surface area contributed by atoms with Gasteiger partial charge in [0.2, 0.25) is 0 Å². The van der Waals surface area contributed by atoms with Crippen molar-refractivity contribution >= 4 is 11.3 Å². The standard InChI is InChI=1S/C16H27NO2S/c1-12-7-8-15(20-12)14-6-5-9-17(14)10-13(18)11-19-16(2,3)4/h7-8,13-14,18H,5-6,9-11H2,1-4H3. The highest BCUT2D eigenvalue weighted by Gasteiger charge is 2.28. The third-order valence-electron chi connectivity index (χ3n) is 3.61. The number of aryl methyl sites for hydroxylation is 1. The van der Waals surface area contributed by atoms with E-state index >= 15 is 0 Å². The van der Waals surface area contributed by atoms with Crippen molar-refractivity contribution in [3.05, 3.63) is 21.9 Å². The molecule has 1 N–H and O–H groups in total. The van der Waals surface area contributed by atoms with Gasteiger partial charge in [0.1, 0.15) is 0 Å². The summed E-state index contributed by atoms with van der Waals surface area (Å²) >= 11 is 1.88. The quantitative estimate of drug-likeness (QED) is 0.904. The maximum atomic E-state index is 10.2. The molecule has 0 aliphatic carbocycles. The van der Waals surface area contributed by atoms with E-state index in [4.69, 9.17) is 4.74 Å². The molecule has 3 nitrogen and oxygen atoms in total. The van der Waals surface area contributed by atoms with Crippen molar-refractivity contribution in [1.29, 1.82) is 0 Å². The molecule has 0 bridgehead atoms. The van der Waals surface area contributed by atoms with Gasteiger partial charge in [-0.2, -0.15) is 0 Å². The van der Waals surface area contributed by atoms with Gasteiger partial charge in [-0.05, 0) is 59.2 Å². The van der Waals surface area contributed by atoms with Crippen LogP contribution in [0.2, 0.25) is 0 Å². The Kier molecular flexibility index (Phi) is 5.24. The van der Waals surface area contributed by atoms with E-state index in [1.54, 1.807) is 0 Å². The predicted molar refractivity (Wildman–Crippen MR) is 84.3 cm³/mol. The number of likely N-dealkylation sites (tertiary alicyclic amines) is 1. The summed E-state index contributed by atoms with van der Waals surface area (Å²) in [7, 11) is 0. The molecule has 2 atom stereocenters. The first-order chi connectivity index (χ1) is 9.35. The van der Waals surface area contributed by atoms with Crippen LogP contribution in [0.5, 0.6) is 0 Å². The first kappa shape index (κ1) is 16.0. The van der Waals surface area contributed by atoms with Crippen LogP contribution in [0.1, 0.15) is 49.4 Å². The molecule has 1 aromatic heterocycles. The molecule has 1 aliphatic rings. The van der Waals surface area contributed by atoms with E-state index < -0.39 is 6.10 Å². The third kappa shape index (κ3) is 4.55. The summed E-state index contributed by atoms with van der Waals surface area (Å²) < 4.78 is 5.67. The zero-order chi connectivity index (χ0) is 14.8. The highest BCUT2D eigenvalue weighted by Crippen LogP contribution is 2.35. The lowest BCUT2D eigenvalue weighted by atomic mass is 10.1. The Morgan fingerprint density at radius 2 is 2.20 bits per heavy atom. The fraction of sp³-hybridized carbons (Fsp3) is 0.750. The molecule has 0 saturated carbocycles. The van der Waals surface area contributed by atoms with Crippen LogP contribution in [0, 0.1) is 6.92 Å². The second-order valence-corrected chi connectivity index (χ2v) is 8.00. The van der Waals surface area contributed by atoms with Gasteiger partial charge in [-0.25, -0.2) is 0 Å². The molecule has 1 aromatic rings. The van der Waals surface area contributed by atoms with Crippen LogP contribution in [0.25, 0.3) is 0 Å². The Balaban J connectivity index is 1.88. The lowest BCUT2D eigenvalue weighted by Gasteiger charge is -2.28. The van der Waals surface area contributed by atoms with Gasteiger partial charge in [0.15, 0.2) is 0 Å². The fourth-order valence-electron chi connectivity index (χ4n) is 2.67. The van der Waals surface area contributed by atoms with Crippen LogP contribution in [-0.2, 0) is 4.74 Å². The topological polar surface area (TPSA) is 32.7 Å². The normalized spacial score (nSPS) is 22.4. The lowest BCUT2D eigenvalue weighted by molar-refractivity contribution is -0.0569. The van der Waals surface area contributed by atoms with E-state index in [1.807, 2.05) is 32.1 Å². The molecule has 0 aromatic carbocycles. The predicted octanol–water partition coefficient (Wildman–Crippen LogP) is 3.37. The van der Waals surface area contributed by atoms with Gasteiger partial charge in [-0.15, -0.1) is 11.3 Å². The molecule has 2 heterocycles. The monoisotopic (exact) mass is 297 g/mol. The van der Waals surface area contributed by atoms with E-state index in [0.29, 0.717) is 19.2 Å². The van der Waals surface area contributed by atoms with E-state index in [2.05, 4.69) is 24.0 Å². The van der Waals surface area contributed by atoms with E-state index in [-0.39, 0.29) is 5.60 Å². The molecule has 0 radical (unpaired) electrons. The number of rotatable bonds is 5. The minimum atomic E-state index is -0.407. The molecule has 0 spiro atoms. The second-order valence-electron chi connectivity index (χ2n) is 6.68. The molecule has 114 valence electrons. The summed E-state index contributed by atoms with van der Waals surface area (Å²) in [5.41, 5.74) is -0.184. The van der Waals surface area contributed by atoms with Crippen LogP contribution in [0.3, 0.4) is 0 Å². The van der Waals surface area contributed by atoms with Crippen molar-refractivity contribution in [3.63, 3.8) is 0 Å². The minimum Gasteiger partial charge on any atom is -0.389 e. The number of β-amino-alcohol motifs (C(OH)–C–C–N with tert-alkyl or cyclic N) is 1. The Morgan fingerprint density at radius 3 is 2.80 bits per heavy atom. The van der Waals surface area contributed by atoms with Gasteiger partial charge in [-0.3, -0.25) is 4.90 Å². The van der Waals surface area contributed by atoms with E-state index in [9.17, 15) is 5.11 Å². The Hall–Kier alpha value is -0.420. The SMILES string of the molecule is Cc1ccc(C2CCCN2CC(O)COC(C)(C)C)s1. The van der Waals surface area contributed by atoms with Crippen molar-refractivity contribution in [2.45, 2.75) is 58.3 Å². The highest BCUT2D eigenvalue weighted by atomic mass is 32.1. The average Bonchev–Trinajstić information content (AvgIpc) is 2.94. The molecule has 1 fully saturated rings. The lowest BCUT2D eigenvalue weighted by Crippen LogP contribution is -2.36. The molecule has 0 amide bonds. The van der Waals surface area contributed by atoms with Gasteiger partial charge < -0.3 is 9.84 Å². The van der Waals surface area contributed by atoms with E-state index in [1.165, 1.54) is 22.6 Å². The third-order valence-corrected chi connectivity index (χ3v) is 4.71. The molecule has 1 aliphatic heterocycles. The molecule has 20 heavy (non-hydrogen) atoms. The summed E-state index contributed by atoms with van der Waals surface area (Å²) in [6.45, 7) is 10.4. The minimum absolute atomic E-state index is 0.184. The molecular weight excluding hydrogens is 270 g/mol. The highest BCUT2D eigenvalue weighted by molar-refractivity contribution is 7.12. The maximum absolute atomic E-state index is 10.2. The Morgan fingerprint density at radius 1 is 1.45 bits per heavy atom. The summed E-state index contributed by atoms with van der Waals surface area (Å²) in [4.78, 5) is 5.20. The van der Waals surface area contributed by atoms with Crippen LogP contribution in [0.4, 0.5) is 0 Å². The van der Waals surface area contributed by atoms with Crippen molar-refractivity contribution < 1.29 is 9.84 Å². The molecule has 2 unspecified atom stereocenters. The number of aliphatic hydroxyl groups excluding tert-OH is 1. The summed E-state index contributed by atoms with van der Waals surface area (Å²) in [5, 5.41) is 10.2. The Bertz CT molecular complexity index is 424. The fourth-order valence-corrected chi connectivity index (χ4v) is 3.72. The van der Waals surface area contributed by atoms with Gasteiger partial charge in [-0.1, -0.05) is 0 Å². The molecule has 1 saturated heterocycles. The maximum Gasteiger partial charge on any atom is 0.0900 e. The van der Waals surface area contributed by atoms with Crippen molar-refractivity contribution in [2.75, 3.05) is 19.7 Å². The smallest absolute Gasteiger partial charge is 0.0900 e. The zero-order valence-corrected chi connectivity index (χ0v) is 13.9. The molecular formula is C16H27NO2S. The number of ether oxygens (including phenoxy) is 1. The van der Waals surface area contributed by atoms with Crippen molar-refractivity contribution in [3.8, 4) is 0 Å². The number of aliphatic hydroxyl groups is 1. The van der Waals surface area contributed by atoms with Crippen molar-refractivity contribution in [2.24, 2.45) is 0 Å². The average molecular weight is 297 g/mol. The number of nitrogens with zero attached hydrogens (tertiary/aromatic N) is 1. The summed E-state index contributed by atoms with van der Waals surface area (Å²) in [5.74, 6) is 0. The van der Waals surface area contributed by atoms with Gasteiger partial charge in [0.05, 0.1) is 18.3 Å². The molecule has 4 heteroatoms. The van der Waals surface area contributed by atoms with Crippen LogP contribution < -0.4 is 0 Å². The Labute approximate surface area is 126 Å². The number of hydrogen-bond donors (Lipinski definition) is 1. The van der Waals surface area contributed by atoms with Crippen molar-refractivity contribution in [1.82, 2.24) is 4.90 Å². The van der Waals surface area contributed by atoms with Gasteiger partial charge in [0.25, 0.3) is 0 Å². The summed E-state index contributed by atoms with van der Waals surface area (Å²) in [6, 6.07) is 4.91. The van der Waals surface area contributed by atoms with Gasteiger partial charge in [0, 0.05) is 22.3 Å². The number of thiophene rings is 1. The van der Waals surface area contributed by atoms with Crippen LogP contribution in [0.15, 0.2) is 12.1 Å².